The van der Waals surface area contributed by atoms with Gasteiger partial charge in [-0.2, -0.15) is 0 Å². The Labute approximate surface area is 177 Å². The molecular formula is C25H40O4. The molecule has 0 unspecified atom stereocenters. The van der Waals surface area contributed by atoms with E-state index in [2.05, 4.69) is 6.92 Å². The molecule has 0 aliphatic rings. The third-order valence-corrected chi connectivity index (χ3v) is 4.80. The van der Waals surface area contributed by atoms with Crippen LogP contribution in [0.15, 0.2) is 30.3 Å². The molecule has 0 saturated heterocycles. The summed E-state index contributed by atoms with van der Waals surface area (Å²) in [4.78, 5) is 25.1. The van der Waals surface area contributed by atoms with Gasteiger partial charge in [-0.3, -0.25) is 9.59 Å². The molecule has 0 amide bonds. The Kier molecular flexibility index (Phi) is 12.3. The van der Waals surface area contributed by atoms with Crippen LogP contribution < -0.4 is 0 Å². The number of ether oxygens (including phenoxy) is 2. The molecule has 0 saturated carbocycles. The molecule has 1 rings (SSSR count). The van der Waals surface area contributed by atoms with E-state index in [9.17, 15) is 9.59 Å². The van der Waals surface area contributed by atoms with Gasteiger partial charge in [0.15, 0.2) is 5.92 Å². The number of benzene rings is 1. The van der Waals surface area contributed by atoms with Gasteiger partial charge in [-0.1, -0.05) is 95.0 Å². The Hall–Kier alpha value is -1.84. The number of carbonyl (C=O) groups is 2. The highest BCUT2D eigenvalue weighted by Crippen LogP contribution is 2.20. The second-order valence-electron chi connectivity index (χ2n) is 8.80. The Morgan fingerprint density at radius 2 is 1.38 bits per heavy atom. The van der Waals surface area contributed by atoms with Crippen molar-refractivity contribution in [2.75, 3.05) is 0 Å². The van der Waals surface area contributed by atoms with E-state index in [1.165, 1.54) is 38.5 Å². The fourth-order valence-corrected chi connectivity index (χ4v) is 3.19. The molecule has 0 N–H and O–H groups in total. The fraction of sp³-hybridized carbons (Fsp3) is 0.680. The Morgan fingerprint density at radius 3 is 1.93 bits per heavy atom. The highest BCUT2D eigenvalue weighted by atomic mass is 16.6. The highest BCUT2D eigenvalue weighted by molar-refractivity contribution is 5.95. The molecule has 0 radical (unpaired) electrons. The predicted octanol–water partition coefficient (Wildman–Crippen LogP) is 6.61. The van der Waals surface area contributed by atoms with E-state index in [0.717, 1.165) is 24.8 Å². The molecule has 1 aromatic carbocycles. The van der Waals surface area contributed by atoms with Crippen LogP contribution in [0, 0.1) is 5.92 Å². The molecule has 0 spiro atoms. The first-order chi connectivity index (χ1) is 13.8. The Bertz CT molecular complexity index is 574. The first kappa shape index (κ1) is 25.2. The lowest BCUT2D eigenvalue weighted by Crippen LogP contribution is -2.33. The van der Waals surface area contributed by atoms with Crippen LogP contribution in [-0.2, 0) is 25.7 Å². The molecule has 1 atom stereocenters. The zero-order chi connectivity index (χ0) is 21.5. The molecule has 29 heavy (non-hydrogen) atoms. The summed E-state index contributed by atoms with van der Waals surface area (Å²) in [7, 11) is 0. The molecule has 1 aromatic rings. The lowest BCUT2D eigenvalue weighted by Gasteiger charge is -2.23. The van der Waals surface area contributed by atoms with Crippen LogP contribution >= 0.6 is 0 Å². The average molecular weight is 405 g/mol. The lowest BCUT2D eigenvalue weighted by molar-refractivity contribution is -0.170. The van der Waals surface area contributed by atoms with Crippen LogP contribution in [-0.4, -0.2) is 17.5 Å². The molecule has 0 fully saturated rings. The molecule has 0 aliphatic carbocycles. The van der Waals surface area contributed by atoms with Gasteiger partial charge in [0, 0.05) is 0 Å². The van der Waals surface area contributed by atoms with Crippen molar-refractivity contribution in [1.29, 1.82) is 0 Å². The van der Waals surface area contributed by atoms with Crippen molar-refractivity contribution in [3.05, 3.63) is 35.9 Å². The summed E-state index contributed by atoms with van der Waals surface area (Å²) < 4.78 is 10.9. The second kappa shape index (κ2) is 14.2. The monoisotopic (exact) mass is 404 g/mol. The van der Waals surface area contributed by atoms with Crippen LogP contribution in [0.5, 0.6) is 0 Å². The van der Waals surface area contributed by atoms with Gasteiger partial charge in [0.25, 0.3) is 0 Å². The number of hydrogen-bond donors (Lipinski definition) is 0. The summed E-state index contributed by atoms with van der Waals surface area (Å²) in [5, 5.41) is 0. The van der Waals surface area contributed by atoms with Crippen molar-refractivity contribution in [2.45, 2.75) is 104 Å². The molecular weight excluding hydrogens is 364 g/mol. The molecule has 0 bridgehead atoms. The molecule has 4 nitrogen and oxygen atoms in total. The average Bonchev–Trinajstić information content (AvgIpc) is 2.67. The first-order valence-corrected chi connectivity index (χ1v) is 11.3. The number of esters is 2. The van der Waals surface area contributed by atoms with Gasteiger partial charge < -0.3 is 9.47 Å². The van der Waals surface area contributed by atoms with Crippen molar-refractivity contribution < 1.29 is 19.1 Å². The van der Waals surface area contributed by atoms with Gasteiger partial charge in [0.05, 0.1) is 0 Å². The minimum absolute atomic E-state index is 0.177. The van der Waals surface area contributed by atoms with Crippen molar-refractivity contribution in [1.82, 2.24) is 0 Å². The third kappa shape index (κ3) is 12.4. The van der Waals surface area contributed by atoms with Gasteiger partial charge in [-0.15, -0.1) is 0 Å². The van der Waals surface area contributed by atoms with Crippen molar-refractivity contribution >= 4 is 11.9 Å². The van der Waals surface area contributed by atoms with E-state index in [1.54, 1.807) is 0 Å². The molecule has 4 heteroatoms. The van der Waals surface area contributed by atoms with E-state index in [-0.39, 0.29) is 6.61 Å². The maximum Gasteiger partial charge on any atom is 0.320 e. The van der Waals surface area contributed by atoms with Gasteiger partial charge >= 0.3 is 11.9 Å². The second-order valence-corrected chi connectivity index (χ2v) is 8.80. The molecule has 0 aromatic heterocycles. The normalized spacial score (nSPS) is 12.4. The Balaban J connectivity index is 2.44. The summed E-state index contributed by atoms with van der Waals surface area (Å²) in [6.45, 7) is 7.85. The standard InChI is InChI=1S/C25H40O4/c1-5-6-7-8-9-10-11-12-16-19-22(24(27)29-25(2,3)4)23(26)28-20-21-17-14-13-15-18-21/h13-15,17-18,22H,5-12,16,19-20H2,1-4H3/t22-/m1/s1. The van der Waals surface area contributed by atoms with Gasteiger partial charge in [0.2, 0.25) is 0 Å². The fourth-order valence-electron chi connectivity index (χ4n) is 3.19. The van der Waals surface area contributed by atoms with Crippen LogP contribution in [0.1, 0.15) is 97.5 Å². The molecule has 164 valence electrons. The molecule has 0 heterocycles. The summed E-state index contributed by atoms with van der Waals surface area (Å²) in [5.41, 5.74) is 0.292. The van der Waals surface area contributed by atoms with E-state index in [4.69, 9.17) is 9.47 Å². The summed E-state index contributed by atoms with van der Waals surface area (Å²) >= 11 is 0. The molecule has 0 aliphatic heterocycles. The zero-order valence-corrected chi connectivity index (χ0v) is 18.9. The smallest absolute Gasteiger partial charge is 0.320 e. The number of carbonyl (C=O) groups excluding carboxylic acids is 2. The topological polar surface area (TPSA) is 52.6 Å². The first-order valence-electron chi connectivity index (χ1n) is 11.3. The van der Waals surface area contributed by atoms with Crippen molar-refractivity contribution in [3.63, 3.8) is 0 Å². The number of hydrogen-bond acceptors (Lipinski definition) is 4. The van der Waals surface area contributed by atoms with Crippen molar-refractivity contribution in [3.8, 4) is 0 Å². The predicted molar refractivity (Wildman–Crippen MR) is 117 cm³/mol. The minimum atomic E-state index is -0.845. The van der Waals surface area contributed by atoms with Crippen LogP contribution in [0.3, 0.4) is 0 Å². The van der Waals surface area contributed by atoms with Crippen LogP contribution in [0.4, 0.5) is 0 Å². The number of unbranched alkanes of at least 4 members (excludes halogenated alkanes) is 8. The lowest BCUT2D eigenvalue weighted by atomic mass is 9.99. The van der Waals surface area contributed by atoms with Gasteiger partial charge in [-0.05, 0) is 32.8 Å². The zero-order valence-electron chi connectivity index (χ0n) is 18.9. The Morgan fingerprint density at radius 1 is 0.828 bits per heavy atom. The maximum absolute atomic E-state index is 12.6. The van der Waals surface area contributed by atoms with E-state index in [1.807, 2.05) is 51.1 Å². The SMILES string of the molecule is CCCCCCCCCCC[C@H](C(=O)OCc1ccccc1)C(=O)OC(C)(C)C. The highest BCUT2D eigenvalue weighted by Gasteiger charge is 2.32. The summed E-state index contributed by atoms with van der Waals surface area (Å²) in [5.74, 6) is -1.81. The van der Waals surface area contributed by atoms with Crippen molar-refractivity contribution in [2.24, 2.45) is 5.92 Å². The van der Waals surface area contributed by atoms with E-state index < -0.39 is 23.5 Å². The quantitative estimate of drug-likeness (QED) is 0.199. The van der Waals surface area contributed by atoms with Gasteiger partial charge in [-0.25, -0.2) is 0 Å². The van der Waals surface area contributed by atoms with Gasteiger partial charge in [0.1, 0.15) is 12.2 Å². The number of rotatable bonds is 14. The van der Waals surface area contributed by atoms with E-state index >= 15 is 0 Å². The van der Waals surface area contributed by atoms with E-state index in [0.29, 0.717) is 6.42 Å². The summed E-state index contributed by atoms with van der Waals surface area (Å²) in [6, 6.07) is 9.51. The third-order valence-electron chi connectivity index (χ3n) is 4.80. The largest absolute Gasteiger partial charge is 0.460 e. The minimum Gasteiger partial charge on any atom is -0.460 e. The summed E-state index contributed by atoms with van der Waals surface area (Å²) in [6.07, 6.45) is 11.2. The van der Waals surface area contributed by atoms with Crippen LogP contribution in [0.2, 0.25) is 0 Å². The maximum atomic E-state index is 12.6. The van der Waals surface area contributed by atoms with Crippen LogP contribution in [0.25, 0.3) is 0 Å².